The van der Waals surface area contributed by atoms with E-state index in [1.807, 2.05) is 24.3 Å². The molecule has 1 saturated heterocycles. The molecule has 29 heavy (non-hydrogen) atoms. The first-order chi connectivity index (χ1) is 14.2. The van der Waals surface area contributed by atoms with Crippen molar-refractivity contribution >= 4 is 11.7 Å². The zero-order valence-electron chi connectivity index (χ0n) is 16.6. The van der Waals surface area contributed by atoms with Crippen molar-refractivity contribution in [3.05, 3.63) is 95.2 Å². The Labute approximate surface area is 171 Å². The van der Waals surface area contributed by atoms with Crippen molar-refractivity contribution in [1.29, 1.82) is 0 Å². The van der Waals surface area contributed by atoms with Crippen LogP contribution in [0.25, 0.3) is 0 Å². The van der Waals surface area contributed by atoms with Gasteiger partial charge in [-0.05, 0) is 30.2 Å². The van der Waals surface area contributed by atoms with Gasteiger partial charge in [-0.3, -0.25) is 4.79 Å². The Kier molecular flexibility index (Phi) is 5.86. The van der Waals surface area contributed by atoms with Crippen LogP contribution in [0.1, 0.15) is 33.1 Å². The van der Waals surface area contributed by atoms with Crippen molar-refractivity contribution in [2.45, 2.75) is 19.5 Å². The predicted octanol–water partition coefficient (Wildman–Crippen LogP) is 3.47. The summed E-state index contributed by atoms with van der Waals surface area (Å²) in [6.45, 7) is 5.14. The molecule has 0 aliphatic carbocycles. The van der Waals surface area contributed by atoms with E-state index < -0.39 is 0 Å². The molecular formula is C24H26N4O. The van der Waals surface area contributed by atoms with Crippen molar-refractivity contribution in [1.82, 2.24) is 15.6 Å². The molecule has 5 heteroatoms. The fourth-order valence-corrected chi connectivity index (χ4v) is 3.71. The summed E-state index contributed by atoms with van der Waals surface area (Å²) in [6.07, 6.45) is 1.72. The fraction of sp³-hybridized carbons (Fsp3) is 0.250. The van der Waals surface area contributed by atoms with Gasteiger partial charge in [-0.25, -0.2) is 4.98 Å². The minimum absolute atomic E-state index is 0.0788. The highest BCUT2D eigenvalue weighted by atomic mass is 16.1. The van der Waals surface area contributed by atoms with Gasteiger partial charge in [0.25, 0.3) is 5.91 Å². The summed E-state index contributed by atoms with van der Waals surface area (Å²) in [4.78, 5) is 19.4. The number of hydrogen-bond donors (Lipinski definition) is 2. The lowest BCUT2D eigenvalue weighted by molar-refractivity contribution is 0.0951. The van der Waals surface area contributed by atoms with Crippen molar-refractivity contribution < 1.29 is 4.79 Å². The molecule has 5 nitrogen and oxygen atoms in total. The number of hydrogen-bond acceptors (Lipinski definition) is 4. The highest BCUT2D eigenvalue weighted by molar-refractivity contribution is 5.94. The topological polar surface area (TPSA) is 57.3 Å². The molecule has 2 N–H and O–H groups in total. The van der Waals surface area contributed by atoms with E-state index in [9.17, 15) is 4.79 Å². The molecule has 0 saturated carbocycles. The number of piperazine rings is 1. The van der Waals surface area contributed by atoms with E-state index >= 15 is 0 Å². The van der Waals surface area contributed by atoms with Crippen molar-refractivity contribution in [3.63, 3.8) is 0 Å². The number of anilines is 1. The standard InChI is InChI=1S/C24H26N4O/c1-18-6-5-7-19(14-18)16-27-24(29)21-10-11-26-23(15-21)28-13-12-25-22(17-28)20-8-3-2-4-9-20/h2-11,14-15,22,25H,12-13,16-17H2,1H3,(H,27,29). The summed E-state index contributed by atoms with van der Waals surface area (Å²) in [6, 6.07) is 22.5. The average molecular weight is 386 g/mol. The van der Waals surface area contributed by atoms with E-state index in [0.717, 1.165) is 31.0 Å². The molecule has 1 atom stereocenters. The minimum Gasteiger partial charge on any atom is -0.353 e. The molecule has 2 heterocycles. The van der Waals surface area contributed by atoms with Crippen LogP contribution in [-0.2, 0) is 6.54 Å². The Morgan fingerprint density at radius 1 is 1.14 bits per heavy atom. The molecule has 0 bridgehead atoms. The third kappa shape index (κ3) is 4.81. The van der Waals surface area contributed by atoms with E-state index in [2.05, 4.69) is 63.8 Å². The Morgan fingerprint density at radius 3 is 2.83 bits per heavy atom. The van der Waals surface area contributed by atoms with Crippen LogP contribution in [0.3, 0.4) is 0 Å². The van der Waals surface area contributed by atoms with Gasteiger partial charge in [0, 0.05) is 44.0 Å². The van der Waals surface area contributed by atoms with Crippen LogP contribution < -0.4 is 15.5 Å². The van der Waals surface area contributed by atoms with Gasteiger partial charge in [0.05, 0.1) is 0 Å². The Hall–Kier alpha value is -3.18. The third-order valence-corrected chi connectivity index (χ3v) is 5.24. The highest BCUT2D eigenvalue weighted by Gasteiger charge is 2.22. The van der Waals surface area contributed by atoms with Gasteiger partial charge < -0.3 is 15.5 Å². The predicted molar refractivity (Wildman–Crippen MR) is 116 cm³/mol. The molecule has 1 fully saturated rings. The van der Waals surface area contributed by atoms with E-state index in [1.165, 1.54) is 11.1 Å². The number of nitrogens with zero attached hydrogens (tertiary/aromatic N) is 2. The van der Waals surface area contributed by atoms with Crippen LogP contribution >= 0.6 is 0 Å². The largest absolute Gasteiger partial charge is 0.353 e. The normalized spacial score (nSPS) is 16.4. The van der Waals surface area contributed by atoms with Crippen molar-refractivity contribution in [3.8, 4) is 0 Å². The van der Waals surface area contributed by atoms with E-state index in [4.69, 9.17) is 0 Å². The lowest BCUT2D eigenvalue weighted by Crippen LogP contribution is -2.46. The molecule has 3 aromatic rings. The molecule has 1 aliphatic rings. The van der Waals surface area contributed by atoms with Gasteiger partial charge >= 0.3 is 0 Å². The number of pyridine rings is 1. The Morgan fingerprint density at radius 2 is 2.00 bits per heavy atom. The zero-order chi connectivity index (χ0) is 20.1. The first-order valence-corrected chi connectivity index (χ1v) is 10.0. The van der Waals surface area contributed by atoms with Crippen LogP contribution in [0, 0.1) is 6.92 Å². The van der Waals surface area contributed by atoms with Crippen molar-refractivity contribution in [2.24, 2.45) is 0 Å². The number of rotatable bonds is 5. The molecule has 1 aliphatic heterocycles. The summed E-state index contributed by atoms with van der Waals surface area (Å²) in [7, 11) is 0. The van der Waals surface area contributed by atoms with Crippen LogP contribution in [0.2, 0.25) is 0 Å². The lowest BCUT2D eigenvalue weighted by Gasteiger charge is -2.34. The quantitative estimate of drug-likeness (QED) is 0.705. The molecular weight excluding hydrogens is 360 g/mol. The average Bonchev–Trinajstić information content (AvgIpc) is 2.78. The maximum atomic E-state index is 12.7. The van der Waals surface area contributed by atoms with E-state index in [1.54, 1.807) is 12.3 Å². The smallest absolute Gasteiger partial charge is 0.251 e. The second-order valence-electron chi connectivity index (χ2n) is 7.44. The van der Waals surface area contributed by atoms with Gasteiger partial charge in [0.2, 0.25) is 0 Å². The Bertz CT molecular complexity index is 973. The van der Waals surface area contributed by atoms with Gasteiger partial charge in [0.1, 0.15) is 5.82 Å². The van der Waals surface area contributed by atoms with Gasteiger partial charge in [-0.2, -0.15) is 0 Å². The molecule has 1 aromatic heterocycles. The fourth-order valence-electron chi connectivity index (χ4n) is 3.71. The van der Waals surface area contributed by atoms with Gasteiger partial charge in [-0.15, -0.1) is 0 Å². The lowest BCUT2D eigenvalue weighted by atomic mass is 10.0. The number of aromatic nitrogens is 1. The maximum absolute atomic E-state index is 12.7. The summed E-state index contributed by atoms with van der Waals surface area (Å²) in [5.41, 5.74) is 4.19. The number of benzene rings is 2. The first kappa shape index (κ1) is 19.2. The molecule has 0 radical (unpaired) electrons. The number of amides is 1. The van der Waals surface area contributed by atoms with Crippen molar-refractivity contribution in [2.75, 3.05) is 24.5 Å². The molecule has 0 spiro atoms. The summed E-state index contributed by atoms with van der Waals surface area (Å²) >= 11 is 0. The second-order valence-corrected chi connectivity index (χ2v) is 7.44. The molecule has 2 aromatic carbocycles. The van der Waals surface area contributed by atoms with Crippen LogP contribution in [0.4, 0.5) is 5.82 Å². The van der Waals surface area contributed by atoms with Crippen LogP contribution in [-0.4, -0.2) is 30.5 Å². The number of aryl methyl sites for hydroxylation is 1. The Balaban J connectivity index is 1.43. The number of carbonyl (C=O) groups excluding carboxylic acids is 1. The third-order valence-electron chi connectivity index (χ3n) is 5.24. The maximum Gasteiger partial charge on any atom is 0.251 e. The summed E-state index contributed by atoms with van der Waals surface area (Å²) < 4.78 is 0. The second kappa shape index (κ2) is 8.88. The van der Waals surface area contributed by atoms with Crippen LogP contribution in [0.15, 0.2) is 72.9 Å². The number of nitrogens with one attached hydrogen (secondary N) is 2. The van der Waals surface area contributed by atoms with E-state index in [-0.39, 0.29) is 11.9 Å². The molecule has 1 unspecified atom stereocenters. The van der Waals surface area contributed by atoms with Crippen LogP contribution in [0.5, 0.6) is 0 Å². The number of carbonyl (C=O) groups is 1. The molecule has 148 valence electrons. The van der Waals surface area contributed by atoms with E-state index in [0.29, 0.717) is 12.1 Å². The minimum atomic E-state index is -0.0788. The highest BCUT2D eigenvalue weighted by Crippen LogP contribution is 2.21. The van der Waals surface area contributed by atoms with Gasteiger partial charge in [0.15, 0.2) is 0 Å². The SMILES string of the molecule is Cc1cccc(CNC(=O)c2ccnc(N3CCNC(c4ccccc4)C3)c2)c1. The van der Waals surface area contributed by atoms with Gasteiger partial charge in [-0.1, -0.05) is 60.2 Å². The first-order valence-electron chi connectivity index (χ1n) is 10.0. The molecule has 4 rings (SSSR count). The monoisotopic (exact) mass is 386 g/mol. The summed E-state index contributed by atoms with van der Waals surface area (Å²) in [5, 5.41) is 6.58. The zero-order valence-corrected chi connectivity index (χ0v) is 16.6. The summed E-state index contributed by atoms with van der Waals surface area (Å²) in [5.74, 6) is 0.764. The molecule has 1 amide bonds.